The first-order valence-corrected chi connectivity index (χ1v) is 15.4. The van der Waals surface area contributed by atoms with Gasteiger partial charge in [0, 0.05) is 22.6 Å². The summed E-state index contributed by atoms with van der Waals surface area (Å²) in [5.41, 5.74) is 1.72. The molecule has 3 aromatic rings. The predicted molar refractivity (Wildman–Crippen MR) is 163 cm³/mol. The van der Waals surface area contributed by atoms with E-state index in [1.54, 1.807) is 61.5 Å². The molecule has 3 rings (SSSR count). The van der Waals surface area contributed by atoms with E-state index in [1.807, 2.05) is 27.7 Å². The molecule has 8 nitrogen and oxygen atoms in total. The van der Waals surface area contributed by atoms with Gasteiger partial charge in [-0.15, -0.1) is 0 Å². The van der Waals surface area contributed by atoms with E-state index >= 15 is 0 Å². The normalized spacial score (nSPS) is 12.1. The van der Waals surface area contributed by atoms with E-state index < -0.39 is 28.5 Å². The van der Waals surface area contributed by atoms with Gasteiger partial charge in [-0.25, -0.2) is 8.42 Å². The van der Waals surface area contributed by atoms with Gasteiger partial charge in [0.2, 0.25) is 11.8 Å². The molecule has 0 saturated carbocycles. The predicted octanol–water partition coefficient (Wildman–Crippen LogP) is 5.84. The number of aryl methyl sites for hydroxylation is 1. The summed E-state index contributed by atoms with van der Waals surface area (Å²) < 4.78 is 34.4. The average molecular weight is 621 g/mol. The summed E-state index contributed by atoms with van der Waals surface area (Å²) in [6.45, 7) is 8.77. The minimum Gasteiger partial charge on any atom is -0.494 e. The lowest BCUT2D eigenvalue weighted by Crippen LogP contribution is -2.52. The number of hydrogen-bond acceptors (Lipinski definition) is 5. The number of nitrogens with zero attached hydrogens (tertiary/aromatic N) is 2. The third kappa shape index (κ3) is 8.38. The number of amides is 2. The minimum atomic E-state index is -4.18. The van der Waals surface area contributed by atoms with Gasteiger partial charge in [-0.05, 0) is 88.7 Å². The Kier molecular flexibility index (Phi) is 11.1. The number of anilines is 1. The van der Waals surface area contributed by atoms with Crippen LogP contribution in [-0.2, 0) is 26.2 Å². The highest BCUT2D eigenvalue weighted by atomic mass is 35.5. The number of carbonyl (C=O) groups excluding carboxylic acids is 2. The lowest BCUT2D eigenvalue weighted by atomic mass is 10.1. The first kappa shape index (κ1) is 32.2. The number of benzene rings is 3. The fourth-order valence-corrected chi connectivity index (χ4v) is 5.95. The van der Waals surface area contributed by atoms with Crippen LogP contribution in [0.4, 0.5) is 5.69 Å². The van der Waals surface area contributed by atoms with Crippen molar-refractivity contribution in [3.63, 3.8) is 0 Å². The highest BCUT2D eigenvalue weighted by molar-refractivity contribution is 7.92. The molecular weight excluding hydrogens is 585 g/mol. The number of sulfonamides is 1. The molecule has 1 N–H and O–H groups in total. The molecule has 0 aliphatic heterocycles. The zero-order valence-corrected chi connectivity index (χ0v) is 26.1. The Morgan fingerprint density at radius 3 is 2.15 bits per heavy atom. The molecule has 2 amide bonds. The van der Waals surface area contributed by atoms with Crippen molar-refractivity contribution in [1.29, 1.82) is 0 Å². The van der Waals surface area contributed by atoms with Crippen LogP contribution in [0.5, 0.6) is 5.75 Å². The highest BCUT2D eigenvalue weighted by Gasteiger charge is 2.33. The topological polar surface area (TPSA) is 96.0 Å². The Bertz CT molecular complexity index is 1460. The average Bonchev–Trinajstić information content (AvgIpc) is 2.91. The van der Waals surface area contributed by atoms with Gasteiger partial charge >= 0.3 is 0 Å². The molecule has 0 aromatic heterocycles. The highest BCUT2D eigenvalue weighted by Crippen LogP contribution is 2.28. The van der Waals surface area contributed by atoms with Crippen molar-refractivity contribution in [2.75, 3.05) is 17.5 Å². The maximum Gasteiger partial charge on any atom is 0.264 e. The van der Waals surface area contributed by atoms with Gasteiger partial charge in [-0.1, -0.05) is 47.0 Å². The van der Waals surface area contributed by atoms with Crippen LogP contribution in [-0.4, -0.2) is 50.4 Å². The second-order valence-corrected chi connectivity index (χ2v) is 12.6. The molecule has 3 aromatic carbocycles. The van der Waals surface area contributed by atoms with E-state index in [0.717, 1.165) is 9.87 Å². The monoisotopic (exact) mass is 619 g/mol. The first-order chi connectivity index (χ1) is 19.3. The molecule has 0 heterocycles. The van der Waals surface area contributed by atoms with Crippen molar-refractivity contribution in [2.24, 2.45) is 0 Å². The second-order valence-electron chi connectivity index (χ2n) is 9.85. The van der Waals surface area contributed by atoms with Gasteiger partial charge in [0.05, 0.1) is 17.2 Å². The van der Waals surface area contributed by atoms with Crippen LogP contribution in [0.3, 0.4) is 0 Å². The second kappa shape index (κ2) is 14.1. The largest absolute Gasteiger partial charge is 0.494 e. The van der Waals surface area contributed by atoms with Crippen LogP contribution >= 0.6 is 23.2 Å². The lowest BCUT2D eigenvalue weighted by molar-refractivity contribution is -0.139. The summed E-state index contributed by atoms with van der Waals surface area (Å²) in [6, 6.07) is 16.6. The van der Waals surface area contributed by atoms with Crippen molar-refractivity contribution in [1.82, 2.24) is 10.2 Å². The number of halogens is 2. The summed E-state index contributed by atoms with van der Waals surface area (Å²) in [6.07, 6.45) is 0. The fourth-order valence-electron chi connectivity index (χ4n) is 4.06. The SMILES string of the molecule is CCOc1ccc(N(CC(=O)N(Cc2ccc(Cl)cc2Cl)[C@@H](C)C(=O)NC(C)C)S(=O)(=O)c2ccc(C)cc2)cc1. The Hall–Kier alpha value is -3.27. The van der Waals surface area contributed by atoms with Crippen molar-refractivity contribution in [3.05, 3.63) is 87.9 Å². The van der Waals surface area contributed by atoms with Gasteiger partial charge in [-0.3, -0.25) is 13.9 Å². The van der Waals surface area contributed by atoms with E-state index in [4.69, 9.17) is 27.9 Å². The number of carbonyl (C=O) groups is 2. The molecule has 0 bridgehead atoms. The zero-order valence-electron chi connectivity index (χ0n) is 23.7. The standard InChI is InChI=1S/C30H35Cl2N3O5S/c1-6-40-26-13-11-25(12-14-26)35(41(38,39)27-15-7-21(4)8-16-27)19-29(36)34(22(5)30(37)33-20(2)3)18-23-9-10-24(31)17-28(23)32/h7-17,20,22H,6,18-19H2,1-5H3,(H,33,37)/t22-/m0/s1. The van der Waals surface area contributed by atoms with Crippen molar-refractivity contribution >= 4 is 50.7 Å². The van der Waals surface area contributed by atoms with Crippen LogP contribution in [0.1, 0.15) is 38.8 Å². The van der Waals surface area contributed by atoms with Gasteiger partial charge < -0.3 is 15.0 Å². The van der Waals surface area contributed by atoms with Crippen molar-refractivity contribution < 1.29 is 22.7 Å². The third-order valence-corrected chi connectivity index (χ3v) is 8.65. The van der Waals surface area contributed by atoms with E-state index in [0.29, 0.717) is 28.0 Å². The summed E-state index contributed by atoms with van der Waals surface area (Å²) >= 11 is 12.5. The Morgan fingerprint density at radius 1 is 0.951 bits per heavy atom. The summed E-state index contributed by atoms with van der Waals surface area (Å²) in [5.74, 6) is -0.410. The van der Waals surface area contributed by atoms with Crippen molar-refractivity contribution in [3.8, 4) is 5.75 Å². The third-order valence-electron chi connectivity index (χ3n) is 6.28. The van der Waals surface area contributed by atoms with Crippen LogP contribution < -0.4 is 14.4 Å². The molecule has 0 unspecified atom stereocenters. The molecule has 0 radical (unpaired) electrons. The number of ether oxygens (including phenoxy) is 1. The van der Waals surface area contributed by atoms with Crippen molar-refractivity contribution in [2.45, 2.75) is 58.1 Å². The molecule has 0 saturated heterocycles. The van der Waals surface area contributed by atoms with Gasteiger partial charge in [-0.2, -0.15) is 0 Å². The van der Waals surface area contributed by atoms with Crippen LogP contribution in [0.25, 0.3) is 0 Å². The summed E-state index contributed by atoms with van der Waals surface area (Å²) in [5, 5.41) is 3.57. The summed E-state index contributed by atoms with van der Waals surface area (Å²) in [7, 11) is -4.18. The number of rotatable bonds is 12. The van der Waals surface area contributed by atoms with Crippen LogP contribution in [0.15, 0.2) is 71.6 Å². The first-order valence-electron chi connectivity index (χ1n) is 13.2. The van der Waals surface area contributed by atoms with Gasteiger partial charge in [0.15, 0.2) is 0 Å². The smallest absolute Gasteiger partial charge is 0.264 e. The molecular formula is C30H35Cl2N3O5S. The van der Waals surface area contributed by atoms with Crippen LogP contribution in [0, 0.1) is 6.92 Å². The van der Waals surface area contributed by atoms with E-state index in [1.165, 1.54) is 17.0 Å². The lowest BCUT2D eigenvalue weighted by Gasteiger charge is -2.32. The zero-order chi connectivity index (χ0) is 30.3. The Balaban J connectivity index is 2.05. The van der Waals surface area contributed by atoms with Gasteiger partial charge in [0.25, 0.3) is 10.0 Å². The fraction of sp³-hybridized carbons (Fsp3) is 0.333. The molecule has 1 atom stereocenters. The molecule has 220 valence electrons. The van der Waals surface area contributed by atoms with Crippen LogP contribution in [0.2, 0.25) is 10.0 Å². The Labute approximate surface area is 252 Å². The molecule has 0 aliphatic carbocycles. The number of hydrogen-bond donors (Lipinski definition) is 1. The maximum absolute atomic E-state index is 14.0. The Morgan fingerprint density at radius 2 is 1.59 bits per heavy atom. The van der Waals surface area contributed by atoms with E-state index in [2.05, 4.69) is 5.32 Å². The molecule has 11 heteroatoms. The van der Waals surface area contributed by atoms with E-state index in [9.17, 15) is 18.0 Å². The summed E-state index contributed by atoms with van der Waals surface area (Å²) in [4.78, 5) is 28.4. The minimum absolute atomic E-state index is 0.0303. The quantitative estimate of drug-likeness (QED) is 0.275. The van der Waals surface area contributed by atoms with Gasteiger partial charge in [0.1, 0.15) is 18.3 Å². The molecule has 0 fully saturated rings. The molecule has 0 aliphatic rings. The molecule has 41 heavy (non-hydrogen) atoms. The maximum atomic E-state index is 14.0. The molecule has 0 spiro atoms. The number of nitrogens with one attached hydrogen (secondary N) is 1. The van der Waals surface area contributed by atoms with E-state index in [-0.39, 0.29) is 29.1 Å².